The average Bonchev–Trinajstić information content (AvgIpc) is 3.11. The van der Waals surface area contributed by atoms with Gasteiger partial charge >= 0.3 is 0 Å². The highest BCUT2D eigenvalue weighted by atomic mass is 32.2. The number of aromatic nitrogens is 2. The Morgan fingerprint density at radius 3 is 2.81 bits per heavy atom. The van der Waals surface area contributed by atoms with Gasteiger partial charge in [0.15, 0.2) is 5.16 Å². The van der Waals surface area contributed by atoms with Crippen LogP contribution in [0.25, 0.3) is 21.3 Å². The summed E-state index contributed by atoms with van der Waals surface area (Å²) >= 11 is 2.91. The molecule has 1 saturated carbocycles. The molecule has 6 heteroatoms. The van der Waals surface area contributed by atoms with E-state index in [-0.39, 0.29) is 16.6 Å². The van der Waals surface area contributed by atoms with Gasteiger partial charge in [0.05, 0.1) is 10.6 Å². The van der Waals surface area contributed by atoms with Crippen molar-refractivity contribution >= 4 is 39.1 Å². The zero-order valence-corrected chi connectivity index (χ0v) is 16.5. The van der Waals surface area contributed by atoms with E-state index in [0.717, 1.165) is 35.2 Å². The summed E-state index contributed by atoms with van der Waals surface area (Å²) in [5.41, 5.74) is 1.86. The molecule has 2 heterocycles. The first-order valence-electron chi connectivity index (χ1n) is 9.06. The largest absolute Gasteiger partial charge is 0.298 e. The SMILES string of the molecule is C=CCn1c(S[C@H]2CCCCC2=O)nc2scc(-c3ccccc3)c2c1=O. The third-order valence-corrected chi connectivity index (χ3v) is 6.98. The Morgan fingerprint density at radius 2 is 2.07 bits per heavy atom. The van der Waals surface area contributed by atoms with Crippen molar-refractivity contribution in [1.82, 2.24) is 9.55 Å². The molecule has 0 N–H and O–H groups in total. The van der Waals surface area contributed by atoms with Gasteiger partial charge in [-0.2, -0.15) is 0 Å². The molecular formula is C21H20N2O2S2. The number of carbonyl (C=O) groups is 1. The molecule has 0 radical (unpaired) electrons. The summed E-state index contributed by atoms with van der Waals surface area (Å²) < 4.78 is 1.65. The number of carbonyl (C=O) groups excluding carboxylic acids is 1. The molecule has 0 aliphatic heterocycles. The number of hydrogen-bond donors (Lipinski definition) is 0. The lowest BCUT2D eigenvalue weighted by molar-refractivity contribution is -0.119. The first-order chi connectivity index (χ1) is 13.2. The molecule has 0 amide bonds. The lowest BCUT2D eigenvalue weighted by Crippen LogP contribution is -2.26. The molecular weight excluding hydrogens is 376 g/mol. The molecule has 2 aromatic heterocycles. The van der Waals surface area contributed by atoms with Gasteiger partial charge in [-0.05, 0) is 18.4 Å². The van der Waals surface area contributed by atoms with E-state index in [4.69, 9.17) is 4.98 Å². The molecule has 1 atom stereocenters. The summed E-state index contributed by atoms with van der Waals surface area (Å²) in [5, 5.41) is 3.15. The zero-order chi connectivity index (χ0) is 18.8. The van der Waals surface area contributed by atoms with E-state index in [1.807, 2.05) is 35.7 Å². The monoisotopic (exact) mass is 396 g/mol. The van der Waals surface area contributed by atoms with E-state index in [1.54, 1.807) is 10.6 Å². The van der Waals surface area contributed by atoms with Crippen LogP contribution >= 0.6 is 23.1 Å². The number of ketones is 1. The normalized spacial score (nSPS) is 17.3. The zero-order valence-electron chi connectivity index (χ0n) is 14.9. The highest BCUT2D eigenvalue weighted by Gasteiger charge is 2.26. The summed E-state index contributed by atoms with van der Waals surface area (Å²) in [6.07, 6.45) is 5.20. The molecule has 1 fully saturated rings. The number of benzene rings is 1. The maximum absolute atomic E-state index is 13.3. The van der Waals surface area contributed by atoms with Gasteiger partial charge in [-0.3, -0.25) is 14.2 Å². The fraction of sp³-hybridized carbons (Fsp3) is 0.286. The van der Waals surface area contributed by atoms with Crippen LogP contribution in [0.15, 0.2) is 58.3 Å². The number of fused-ring (bicyclic) bond motifs is 1. The maximum Gasteiger partial charge on any atom is 0.263 e. The smallest absolute Gasteiger partial charge is 0.263 e. The van der Waals surface area contributed by atoms with Gasteiger partial charge in [-0.25, -0.2) is 4.98 Å². The van der Waals surface area contributed by atoms with Gasteiger partial charge in [0, 0.05) is 23.9 Å². The van der Waals surface area contributed by atoms with Crippen LogP contribution in [0.4, 0.5) is 0 Å². The Morgan fingerprint density at radius 1 is 1.26 bits per heavy atom. The second-order valence-corrected chi connectivity index (χ2v) is 8.64. The van der Waals surface area contributed by atoms with Crippen LogP contribution < -0.4 is 5.56 Å². The maximum atomic E-state index is 13.3. The van der Waals surface area contributed by atoms with Gasteiger partial charge in [-0.15, -0.1) is 17.9 Å². The average molecular weight is 397 g/mol. The van der Waals surface area contributed by atoms with E-state index < -0.39 is 0 Å². The molecule has 1 aliphatic rings. The Bertz CT molecular complexity index is 1050. The quantitative estimate of drug-likeness (QED) is 0.454. The van der Waals surface area contributed by atoms with E-state index in [2.05, 4.69) is 6.58 Å². The van der Waals surface area contributed by atoms with Gasteiger partial charge < -0.3 is 0 Å². The van der Waals surface area contributed by atoms with Crippen molar-refractivity contribution in [2.75, 3.05) is 0 Å². The van der Waals surface area contributed by atoms with E-state index in [0.29, 0.717) is 23.5 Å². The van der Waals surface area contributed by atoms with Crippen molar-refractivity contribution in [3.63, 3.8) is 0 Å². The number of Topliss-reactive ketones (excluding diaryl/α,β-unsaturated/α-hetero) is 1. The third-order valence-electron chi connectivity index (χ3n) is 4.80. The minimum atomic E-state index is -0.104. The minimum absolute atomic E-state index is 0.0641. The van der Waals surface area contributed by atoms with Crippen LogP contribution in [0, 0.1) is 0 Å². The minimum Gasteiger partial charge on any atom is -0.298 e. The van der Waals surface area contributed by atoms with Crippen molar-refractivity contribution in [2.45, 2.75) is 42.6 Å². The predicted octanol–water partition coefficient (Wildman–Crippen LogP) is 4.91. The van der Waals surface area contributed by atoms with E-state index in [1.165, 1.54) is 23.1 Å². The molecule has 0 saturated heterocycles. The van der Waals surface area contributed by atoms with Crippen LogP contribution in [-0.4, -0.2) is 20.6 Å². The Hall–Kier alpha value is -2.18. The molecule has 0 bridgehead atoms. The van der Waals surface area contributed by atoms with E-state index in [9.17, 15) is 9.59 Å². The van der Waals surface area contributed by atoms with Crippen molar-refractivity contribution in [3.05, 3.63) is 58.7 Å². The summed E-state index contributed by atoms with van der Waals surface area (Å²) in [7, 11) is 0. The van der Waals surface area contributed by atoms with Crippen molar-refractivity contribution in [2.24, 2.45) is 0 Å². The standard InChI is InChI=1S/C21H20N2O2S2/c1-2-12-23-20(25)18-15(14-8-4-3-5-9-14)13-26-19(18)22-21(23)27-17-11-7-6-10-16(17)24/h2-5,8-9,13,17H,1,6-7,10-12H2/t17-/m0/s1. The predicted molar refractivity (Wildman–Crippen MR) is 113 cm³/mol. The Labute approximate surface area is 165 Å². The number of rotatable bonds is 5. The van der Waals surface area contributed by atoms with Gasteiger partial charge in [-0.1, -0.05) is 54.6 Å². The van der Waals surface area contributed by atoms with Crippen LogP contribution in [0.1, 0.15) is 25.7 Å². The number of hydrogen-bond acceptors (Lipinski definition) is 5. The fourth-order valence-corrected chi connectivity index (χ4v) is 5.63. The van der Waals surface area contributed by atoms with Crippen molar-refractivity contribution in [1.29, 1.82) is 0 Å². The van der Waals surface area contributed by atoms with Gasteiger partial charge in [0.1, 0.15) is 10.6 Å². The second kappa shape index (κ2) is 7.82. The molecule has 138 valence electrons. The Balaban J connectivity index is 1.83. The fourth-order valence-electron chi connectivity index (χ4n) is 3.42. The lowest BCUT2D eigenvalue weighted by Gasteiger charge is -2.20. The number of thiophene rings is 1. The summed E-state index contributed by atoms with van der Waals surface area (Å²) in [5.74, 6) is 0.266. The first kappa shape index (κ1) is 18.2. The second-order valence-electron chi connectivity index (χ2n) is 6.61. The molecule has 4 nitrogen and oxygen atoms in total. The van der Waals surface area contributed by atoms with Crippen LogP contribution in [-0.2, 0) is 11.3 Å². The number of thioether (sulfide) groups is 1. The summed E-state index contributed by atoms with van der Waals surface area (Å²) in [6, 6.07) is 9.90. The molecule has 3 aromatic rings. The molecule has 1 aliphatic carbocycles. The highest BCUT2D eigenvalue weighted by molar-refractivity contribution is 8.00. The molecule has 1 aromatic carbocycles. The Kier molecular flexibility index (Phi) is 5.27. The lowest BCUT2D eigenvalue weighted by atomic mass is 9.99. The van der Waals surface area contributed by atoms with Crippen LogP contribution in [0.5, 0.6) is 0 Å². The summed E-state index contributed by atoms with van der Waals surface area (Å²) in [6.45, 7) is 4.17. The van der Waals surface area contributed by atoms with Crippen molar-refractivity contribution in [3.8, 4) is 11.1 Å². The molecule has 27 heavy (non-hydrogen) atoms. The first-order valence-corrected chi connectivity index (χ1v) is 10.8. The molecule has 0 spiro atoms. The van der Waals surface area contributed by atoms with Gasteiger partial charge in [0.25, 0.3) is 5.56 Å². The number of nitrogens with zero attached hydrogens (tertiary/aromatic N) is 2. The van der Waals surface area contributed by atoms with Gasteiger partial charge in [0.2, 0.25) is 0 Å². The molecule has 0 unspecified atom stereocenters. The topological polar surface area (TPSA) is 52.0 Å². The third kappa shape index (κ3) is 3.51. The summed E-state index contributed by atoms with van der Waals surface area (Å²) in [4.78, 5) is 31.1. The highest BCUT2D eigenvalue weighted by Crippen LogP contribution is 2.34. The molecule has 4 rings (SSSR count). The van der Waals surface area contributed by atoms with Crippen LogP contribution in [0.2, 0.25) is 0 Å². The number of allylic oxidation sites excluding steroid dienone is 1. The van der Waals surface area contributed by atoms with E-state index >= 15 is 0 Å². The van der Waals surface area contributed by atoms with Crippen molar-refractivity contribution < 1.29 is 4.79 Å². The van der Waals surface area contributed by atoms with Crippen LogP contribution in [0.3, 0.4) is 0 Å².